The smallest absolute Gasteiger partial charge is 0.195 e. The largest absolute Gasteiger partial charge is 0.504 e. The van der Waals surface area contributed by atoms with Crippen LogP contribution in [0, 0.1) is 12.7 Å². The summed E-state index contributed by atoms with van der Waals surface area (Å²) in [5.41, 5.74) is 0.950. The Balaban J connectivity index is 1.57. The zero-order valence-electron chi connectivity index (χ0n) is 16.5. The molecule has 0 spiro atoms. The number of anilines is 1. The van der Waals surface area contributed by atoms with Gasteiger partial charge < -0.3 is 19.7 Å². The van der Waals surface area contributed by atoms with Crippen molar-refractivity contribution in [1.82, 2.24) is 20.5 Å². The maximum Gasteiger partial charge on any atom is 0.195 e. The van der Waals surface area contributed by atoms with E-state index in [4.69, 9.17) is 4.42 Å². The Morgan fingerprint density at radius 2 is 2.07 bits per heavy atom. The molecule has 1 aliphatic rings. The lowest BCUT2D eigenvalue weighted by molar-refractivity contribution is 0.373. The van der Waals surface area contributed by atoms with E-state index in [-0.39, 0.29) is 22.2 Å². The molecule has 0 unspecified atom stereocenters. The van der Waals surface area contributed by atoms with Crippen LogP contribution in [0.1, 0.15) is 33.1 Å². The van der Waals surface area contributed by atoms with Crippen molar-refractivity contribution in [3.63, 3.8) is 0 Å². The molecule has 148 valence electrons. The predicted molar refractivity (Wildman–Crippen MR) is 105 cm³/mol. The summed E-state index contributed by atoms with van der Waals surface area (Å²) < 4.78 is 19.8. The van der Waals surface area contributed by atoms with Gasteiger partial charge in [-0.15, -0.1) is 10.2 Å². The van der Waals surface area contributed by atoms with E-state index in [2.05, 4.69) is 46.2 Å². The van der Waals surface area contributed by atoms with Gasteiger partial charge in [0.05, 0.1) is 11.3 Å². The molecule has 0 saturated carbocycles. The first-order valence-corrected chi connectivity index (χ1v) is 9.36. The zero-order chi connectivity index (χ0) is 20.1. The van der Waals surface area contributed by atoms with Crippen LogP contribution in [0.2, 0.25) is 0 Å². The van der Waals surface area contributed by atoms with Crippen molar-refractivity contribution in [1.29, 1.82) is 0 Å². The molecule has 3 heterocycles. The number of phenols is 1. The van der Waals surface area contributed by atoms with Crippen molar-refractivity contribution < 1.29 is 13.9 Å². The standard InChI is InChI=1S/C20H24FN5O2/c1-11-22-18-15(28-11)9-13(19(27)17(18)21)14-5-6-16(25-24-14)26-8-7-12(10-26)23-20(2,3)4/h5-6,9,12,23,27H,7-8,10H2,1-4H3/t12-/m1/s1. The highest BCUT2D eigenvalue weighted by molar-refractivity contribution is 5.84. The topological polar surface area (TPSA) is 87.3 Å². The second-order valence-corrected chi connectivity index (χ2v) is 8.27. The number of phenolic OH excluding ortho intramolecular Hbond substituents is 1. The summed E-state index contributed by atoms with van der Waals surface area (Å²) >= 11 is 0. The van der Waals surface area contributed by atoms with Crippen LogP contribution in [0.3, 0.4) is 0 Å². The molecule has 28 heavy (non-hydrogen) atoms. The Labute approximate surface area is 162 Å². The highest BCUT2D eigenvalue weighted by Gasteiger charge is 2.27. The first kappa shape index (κ1) is 18.6. The Hall–Kier alpha value is -2.74. The lowest BCUT2D eigenvalue weighted by atomic mass is 10.1. The van der Waals surface area contributed by atoms with Gasteiger partial charge in [-0.05, 0) is 45.4 Å². The zero-order valence-corrected chi connectivity index (χ0v) is 16.5. The average molecular weight is 385 g/mol. The summed E-state index contributed by atoms with van der Waals surface area (Å²) in [5.74, 6) is -0.220. The van der Waals surface area contributed by atoms with Crippen LogP contribution < -0.4 is 10.2 Å². The summed E-state index contributed by atoms with van der Waals surface area (Å²) in [6.07, 6.45) is 1.04. The molecule has 4 rings (SSSR count). The normalized spacial score (nSPS) is 17.6. The maximum atomic E-state index is 14.4. The third-order valence-electron chi connectivity index (χ3n) is 4.78. The number of halogens is 1. The fourth-order valence-electron chi connectivity index (χ4n) is 3.66. The highest BCUT2D eigenvalue weighted by Crippen LogP contribution is 2.36. The minimum Gasteiger partial charge on any atom is -0.504 e. The number of aromatic nitrogens is 3. The summed E-state index contributed by atoms with van der Waals surface area (Å²) in [6.45, 7) is 9.84. The molecule has 1 aromatic carbocycles. The van der Waals surface area contributed by atoms with Gasteiger partial charge in [0, 0.05) is 31.6 Å². The minimum absolute atomic E-state index is 0.0118. The maximum absolute atomic E-state index is 14.4. The second kappa shape index (κ2) is 6.70. The van der Waals surface area contributed by atoms with Crippen molar-refractivity contribution in [2.45, 2.75) is 45.7 Å². The Morgan fingerprint density at radius 1 is 1.29 bits per heavy atom. The molecule has 1 atom stereocenters. The minimum atomic E-state index is -0.814. The van der Waals surface area contributed by atoms with Gasteiger partial charge in [0.25, 0.3) is 0 Å². The van der Waals surface area contributed by atoms with E-state index in [0.717, 1.165) is 25.3 Å². The predicted octanol–water partition coefficient (Wildman–Crippen LogP) is 3.40. The number of aryl methyl sites for hydroxylation is 1. The van der Waals surface area contributed by atoms with Crippen molar-refractivity contribution in [3.05, 3.63) is 29.9 Å². The van der Waals surface area contributed by atoms with Gasteiger partial charge >= 0.3 is 0 Å². The van der Waals surface area contributed by atoms with E-state index in [0.29, 0.717) is 17.6 Å². The van der Waals surface area contributed by atoms with E-state index in [9.17, 15) is 9.50 Å². The molecule has 2 aromatic heterocycles. The first-order valence-electron chi connectivity index (χ1n) is 9.36. The van der Waals surface area contributed by atoms with Crippen LogP contribution in [0.15, 0.2) is 22.6 Å². The van der Waals surface area contributed by atoms with Gasteiger partial charge in [-0.2, -0.15) is 0 Å². The van der Waals surface area contributed by atoms with Gasteiger partial charge in [-0.1, -0.05) is 0 Å². The number of hydrogen-bond acceptors (Lipinski definition) is 7. The molecule has 1 aliphatic heterocycles. The number of benzene rings is 1. The SMILES string of the molecule is Cc1nc2c(F)c(O)c(-c3ccc(N4CC[C@@H](NC(C)(C)C)C4)nn3)cc2o1. The average Bonchev–Trinajstić information content (AvgIpc) is 3.23. The van der Waals surface area contributed by atoms with Crippen molar-refractivity contribution in [2.75, 3.05) is 18.0 Å². The van der Waals surface area contributed by atoms with Gasteiger partial charge in [-0.25, -0.2) is 9.37 Å². The second-order valence-electron chi connectivity index (χ2n) is 8.27. The van der Waals surface area contributed by atoms with E-state index in [1.807, 2.05) is 6.07 Å². The highest BCUT2D eigenvalue weighted by atomic mass is 19.1. The fraction of sp³-hybridized carbons (Fsp3) is 0.450. The molecular formula is C20H24FN5O2. The number of nitrogens with one attached hydrogen (secondary N) is 1. The number of rotatable bonds is 3. The Kier molecular flexibility index (Phi) is 4.45. The molecule has 0 radical (unpaired) electrons. The molecule has 0 bridgehead atoms. The van der Waals surface area contributed by atoms with Gasteiger partial charge in [-0.3, -0.25) is 0 Å². The summed E-state index contributed by atoms with van der Waals surface area (Å²) in [5, 5.41) is 22.3. The number of aromatic hydroxyl groups is 1. The lowest BCUT2D eigenvalue weighted by Gasteiger charge is -2.26. The monoisotopic (exact) mass is 385 g/mol. The third kappa shape index (κ3) is 3.52. The molecule has 3 aromatic rings. The van der Waals surface area contributed by atoms with E-state index >= 15 is 0 Å². The van der Waals surface area contributed by atoms with Crippen molar-refractivity contribution in [2.24, 2.45) is 0 Å². The third-order valence-corrected chi connectivity index (χ3v) is 4.78. The molecule has 0 aliphatic carbocycles. The quantitative estimate of drug-likeness (QED) is 0.714. The molecule has 0 amide bonds. The van der Waals surface area contributed by atoms with Gasteiger partial charge in [0.1, 0.15) is 5.52 Å². The number of fused-ring (bicyclic) bond motifs is 1. The molecule has 1 saturated heterocycles. The number of hydrogen-bond donors (Lipinski definition) is 2. The van der Waals surface area contributed by atoms with Crippen LogP contribution in [-0.4, -0.2) is 45.0 Å². The molecule has 7 nitrogen and oxygen atoms in total. The number of oxazole rings is 1. The van der Waals surface area contributed by atoms with Crippen LogP contribution >= 0.6 is 0 Å². The lowest BCUT2D eigenvalue weighted by Crippen LogP contribution is -2.45. The Bertz CT molecular complexity index is 1010. The van der Waals surface area contributed by atoms with Crippen LogP contribution in [-0.2, 0) is 0 Å². The van der Waals surface area contributed by atoms with E-state index in [1.165, 1.54) is 6.07 Å². The summed E-state index contributed by atoms with van der Waals surface area (Å²) in [4.78, 5) is 6.13. The van der Waals surface area contributed by atoms with Crippen molar-refractivity contribution in [3.8, 4) is 17.0 Å². The molecule has 8 heteroatoms. The van der Waals surface area contributed by atoms with Crippen LogP contribution in [0.25, 0.3) is 22.4 Å². The summed E-state index contributed by atoms with van der Waals surface area (Å²) in [7, 11) is 0. The van der Waals surface area contributed by atoms with E-state index < -0.39 is 11.6 Å². The first-order chi connectivity index (χ1) is 13.2. The van der Waals surface area contributed by atoms with E-state index in [1.54, 1.807) is 13.0 Å². The molecule has 2 N–H and O–H groups in total. The fourth-order valence-corrected chi connectivity index (χ4v) is 3.66. The summed E-state index contributed by atoms with van der Waals surface area (Å²) in [6, 6.07) is 5.51. The molecular weight excluding hydrogens is 361 g/mol. The van der Waals surface area contributed by atoms with Gasteiger partial charge in [0.15, 0.2) is 28.9 Å². The molecule has 1 fully saturated rings. The Morgan fingerprint density at radius 3 is 2.75 bits per heavy atom. The van der Waals surface area contributed by atoms with Crippen LogP contribution in [0.4, 0.5) is 10.2 Å². The van der Waals surface area contributed by atoms with Crippen molar-refractivity contribution >= 4 is 16.9 Å². The number of nitrogens with zero attached hydrogens (tertiary/aromatic N) is 4. The van der Waals surface area contributed by atoms with Gasteiger partial charge in [0.2, 0.25) is 0 Å². The van der Waals surface area contributed by atoms with Crippen LogP contribution in [0.5, 0.6) is 5.75 Å².